The molecule has 1 aliphatic rings. The van der Waals surface area contributed by atoms with Gasteiger partial charge in [0.25, 0.3) is 0 Å². The summed E-state index contributed by atoms with van der Waals surface area (Å²) in [4.78, 5) is 1.68. The van der Waals surface area contributed by atoms with E-state index in [9.17, 15) is 12.8 Å². The van der Waals surface area contributed by atoms with Gasteiger partial charge in [0.15, 0.2) is 0 Å². The molecule has 1 aromatic rings. The predicted octanol–water partition coefficient (Wildman–Crippen LogP) is 0.999. The first-order valence-corrected chi connectivity index (χ1v) is 8.45. The first-order valence-electron chi connectivity index (χ1n) is 7.01. The summed E-state index contributed by atoms with van der Waals surface area (Å²) in [5, 5.41) is 0. The summed E-state index contributed by atoms with van der Waals surface area (Å²) >= 11 is 0. The fourth-order valence-electron chi connectivity index (χ4n) is 2.73. The van der Waals surface area contributed by atoms with Crippen LogP contribution in [0.25, 0.3) is 0 Å². The minimum Gasteiger partial charge on any atom is -0.326 e. The zero-order valence-corrected chi connectivity index (χ0v) is 13.2. The first-order chi connectivity index (χ1) is 9.86. The normalized spacial score (nSPS) is 20.3. The fraction of sp³-hybridized carbons (Fsp3) is 0.571. The zero-order valence-electron chi connectivity index (χ0n) is 12.4. The molecule has 1 unspecified atom stereocenters. The number of nitrogens with two attached hydrogens (primary N) is 1. The van der Waals surface area contributed by atoms with Crippen LogP contribution in [0.15, 0.2) is 23.1 Å². The largest absolute Gasteiger partial charge is 0.326 e. The van der Waals surface area contributed by atoms with Crippen molar-refractivity contribution in [2.75, 3.05) is 27.2 Å². The van der Waals surface area contributed by atoms with Crippen LogP contribution in [0, 0.1) is 5.82 Å². The van der Waals surface area contributed by atoms with Gasteiger partial charge in [-0.05, 0) is 44.6 Å². The van der Waals surface area contributed by atoms with E-state index >= 15 is 0 Å². The second-order valence-corrected chi connectivity index (χ2v) is 7.50. The van der Waals surface area contributed by atoms with Crippen LogP contribution in [-0.4, -0.2) is 50.8 Å². The van der Waals surface area contributed by atoms with Crippen LogP contribution >= 0.6 is 0 Å². The molecule has 2 rings (SSSR count). The standard InChI is InChI=1S/C14H22FN3O2S/c1-17(2)10-12-4-3-7-18(12)21(19,20)14-8-11(9-16)5-6-13(14)15/h5-6,8,12H,3-4,7,9-10,16H2,1-2H3. The molecule has 1 heterocycles. The smallest absolute Gasteiger partial charge is 0.246 e. The van der Waals surface area contributed by atoms with Crippen LogP contribution < -0.4 is 5.73 Å². The maximum absolute atomic E-state index is 14.0. The Labute approximate surface area is 125 Å². The minimum atomic E-state index is -3.82. The number of hydrogen-bond donors (Lipinski definition) is 1. The molecule has 7 heteroatoms. The lowest BCUT2D eigenvalue weighted by atomic mass is 10.2. The third-order valence-corrected chi connectivity index (χ3v) is 5.68. The summed E-state index contributed by atoms with van der Waals surface area (Å²) in [7, 11) is -0.0176. The van der Waals surface area contributed by atoms with E-state index in [1.807, 2.05) is 19.0 Å². The van der Waals surface area contributed by atoms with Crippen molar-refractivity contribution >= 4 is 10.0 Å². The monoisotopic (exact) mass is 315 g/mol. The van der Waals surface area contributed by atoms with E-state index in [1.54, 1.807) is 0 Å². The predicted molar refractivity (Wildman–Crippen MR) is 79.8 cm³/mol. The maximum atomic E-state index is 14.0. The van der Waals surface area contributed by atoms with Crippen molar-refractivity contribution in [2.45, 2.75) is 30.3 Å². The van der Waals surface area contributed by atoms with Crippen molar-refractivity contribution in [3.63, 3.8) is 0 Å². The molecule has 1 atom stereocenters. The highest BCUT2D eigenvalue weighted by Gasteiger charge is 2.36. The Kier molecular flexibility index (Phi) is 4.98. The number of halogens is 1. The van der Waals surface area contributed by atoms with Crippen LogP contribution in [0.2, 0.25) is 0 Å². The molecular weight excluding hydrogens is 293 g/mol. The van der Waals surface area contributed by atoms with E-state index in [4.69, 9.17) is 5.73 Å². The second kappa shape index (κ2) is 6.39. The van der Waals surface area contributed by atoms with Gasteiger partial charge < -0.3 is 10.6 Å². The van der Waals surface area contributed by atoms with E-state index < -0.39 is 15.8 Å². The van der Waals surface area contributed by atoms with Gasteiger partial charge in [0.05, 0.1) is 0 Å². The Morgan fingerprint density at radius 3 is 2.76 bits per heavy atom. The van der Waals surface area contributed by atoms with E-state index in [-0.39, 0.29) is 17.5 Å². The SMILES string of the molecule is CN(C)CC1CCCN1S(=O)(=O)c1cc(CN)ccc1F. The molecule has 21 heavy (non-hydrogen) atoms. The van der Waals surface area contributed by atoms with Gasteiger partial charge in [-0.2, -0.15) is 4.31 Å². The molecule has 0 radical (unpaired) electrons. The topological polar surface area (TPSA) is 66.6 Å². The highest BCUT2D eigenvalue weighted by atomic mass is 32.2. The summed E-state index contributed by atoms with van der Waals surface area (Å²) in [5.41, 5.74) is 6.13. The van der Waals surface area contributed by atoms with Crippen molar-refractivity contribution in [3.05, 3.63) is 29.6 Å². The van der Waals surface area contributed by atoms with Gasteiger partial charge in [-0.1, -0.05) is 6.07 Å². The van der Waals surface area contributed by atoms with Crippen LogP contribution in [0.4, 0.5) is 4.39 Å². The Balaban J connectivity index is 2.37. The molecular formula is C14H22FN3O2S. The van der Waals surface area contributed by atoms with Gasteiger partial charge in [-0.15, -0.1) is 0 Å². The summed E-state index contributed by atoms with van der Waals surface area (Å²) in [6.07, 6.45) is 1.60. The molecule has 1 fully saturated rings. The van der Waals surface area contributed by atoms with E-state index in [2.05, 4.69) is 0 Å². The Hall–Kier alpha value is -1.02. The third kappa shape index (κ3) is 3.42. The molecule has 0 bridgehead atoms. The average Bonchev–Trinajstić information content (AvgIpc) is 2.87. The molecule has 0 spiro atoms. The summed E-state index contributed by atoms with van der Waals surface area (Å²) in [6, 6.07) is 3.92. The average molecular weight is 315 g/mol. The van der Waals surface area contributed by atoms with Crippen molar-refractivity contribution in [1.29, 1.82) is 0 Å². The van der Waals surface area contributed by atoms with Crippen LogP contribution in [0.3, 0.4) is 0 Å². The van der Waals surface area contributed by atoms with Gasteiger partial charge in [0.2, 0.25) is 10.0 Å². The van der Waals surface area contributed by atoms with Crippen LogP contribution in [0.5, 0.6) is 0 Å². The van der Waals surface area contributed by atoms with Crippen molar-refractivity contribution in [3.8, 4) is 0 Å². The van der Waals surface area contributed by atoms with E-state index in [0.717, 1.165) is 12.8 Å². The molecule has 1 saturated heterocycles. The number of sulfonamides is 1. The van der Waals surface area contributed by atoms with E-state index in [0.29, 0.717) is 18.7 Å². The molecule has 0 saturated carbocycles. The Morgan fingerprint density at radius 1 is 1.43 bits per heavy atom. The quantitative estimate of drug-likeness (QED) is 0.880. The lowest BCUT2D eigenvalue weighted by Crippen LogP contribution is -2.41. The second-order valence-electron chi connectivity index (χ2n) is 5.64. The van der Waals surface area contributed by atoms with Crippen LogP contribution in [-0.2, 0) is 16.6 Å². The van der Waals surface area contributed by atoms with E-state index in [1.165, 1.54) is 22.5 Å². The summed E-state index contributed by atoms with van der Waals surface area (Å²) in [5.74, 6) is -0.720. The van der Waals surface area contributed by atoms with Gasteiger partial charge in [-0.25, -0.2) is 12.8 Å². The number of nitrogens with zero attached hydrogens (tertiary/aromatic N) is 2. The minimum absolute atomic E-state index is 0.106. The maximum Gasteiger partial charge on any atom is 0.246 e. The number of benzene rings is 1. The zero-order chi connectivity index (χ0) is 15.6. The summed E-state index contributed by atoms with van der Waals surface area (Å²) in [6.45, 7) is 1.26. The molecule has 0 amide bonds. The van der Waals surface area contributed by atoms with Gasteiger partial charge in [0.1, 0.15) is 10.7 Å². The molecule has 2 N–H and O–H groups in total. The van der Waals surface area contributed by atoms with Gasteiger partial charge in [-0.3, -0.25) is 0 Å². The van der Waals surface area contributed by atoms with Gasteiger partial charge in [0, 0.05) is 25.7 Å². The number of likely N-dealkylation sites (N-methyl/N-ethyl adjacent to an activating group) is 1. The molecule has 5 nitrogen and oxygen atoms in total. The summed E-state index contributed by atoms with van der Waals surface area (Å²) < 4.78 is 40.9. The Bertz CT molecular complexity index is 604. The molecule has 0 aromatic heterocycles. The Morgan fingerprint density at radius 2 is 2.14 bits per heavy atom. The lowest BCUT2D eigenvalue weighted by Gasteiger charge is -2.26. The lowest BCUT2D eigenvalue weighted by molar-refractivity contribution is 0.290. The molecule has 0 aliphatic carbocycles. The third-order valence-electron chi connectivity index (χ3n) is 3.72. The van der Waals surface area contributed by atoms with Crippen LogP contribution in [0.1, 0.15) is 18.4 Å². The van der Waals surface area contributed by atoms with Crippen molar-refractivity contribution in [1.82, 2.24) is 9.21 Å². The molecule has 118 valence electrons. The number of rotatable bonds is 5. The van der Waals surface area contributed by atoms with Crippen molar-refractivity contribution in [2.24, 2.45) is 5.73 Å². The fourth-order valence-corrected chi connectivity index (χ4v) is 4.53. The number of hydrogen-bond acceptors (Lipinski definition) is 4. The molecule has 1 aromatic carbocycles. The van der Waals surface area contributed by atoms with Gasteiger partial charge >= 0.3 is 0 Å². The highest BCUT2D eigenvalue weighted by Crippen LogP contribution is 2.28. The molecule has 1 aliphatic heterocycles. The van der Waals surface area contributed by atoms with Crippen molar-refractivity contribution < 1.29 is 12.8 Å². The highest BCUT2D eigenvalue weighted by molar-refractivity contribution is 7.89. The first kappa shape index (κ1) is 16.4.